The van der Waals surface area contributed by atoms with Crippen LogP contribution < -0.4 is 5.45 Å². The van der Waals surface area contributed by atoms with Gasteiger partial charge in [0.1, 0.15) is 0 Å². The molecule has 0 aliphatic carbocycles. The predicted molar refractivity (Wildman–Crippen MR) is 34.8 cm³/mol. The molecule has 0 aliphatic heterocycles. The number of halogens is 3. The van der Waals surface area contributed by atoms with E-state index in [4.69, 9.17) is 0 Å². The van der Waals surface area contributed by atoms with Crippen molar-refractivity contribution in [3.8, 4) is 0 Å². The Balaban J connectivity index is 3.09. The van der Waals surface area contributed by atoms with Crippen LogP contribution in [0.1, 0.15) is 0 Å². The van der Waals surface area contributed by atoms with E-state index in [-0.39, 0.29) is 4.79 Å². The molecule has 0 fully saturated rings. The van der Waals surface area contributed by atoms with E-state index < -0.39 is 21.1 Å². The van der Waals surface area contributed by atoms with Crippen molar-refractivity contribution in [3.05, 3.63) is 14.8 Å². The predicted octanol–water partition coefficient (Wildman–Crippen LogP) is 0.656. The molecule has 12 heavy (non-hydrogen) atoms. The van der Waals surface area contributed by atoms with Crippen molar-refractivity contribution in [3.63, 3.8) is 0 Å². The first-order valence-electron chi connectivity index (χ1n) is 2.41. The Morgan fingerprint density at radius 1 is 1.67 bits per heavy atom. The van der Waals surface area contributed by atoms with Gasteiger partial charge in [0.05, 0.1) is 10.6 Å². The summed E-state index contributed by atoms with van der Waals surface area (Å²) in [6.07, 6.45) is 0. The Morgan fingerprint density at radius 2 is 2.25 bits per heavy atom. The van der Waals surface area contributed by atoms with Crippen LogP contribution in [-0.4, -0.2) is 19.8 Å². The van der Waals surface area contributed by atoms with Gasteiger partial charge in [-0.1, -0.05) is 0 Å². The summed E-state index contributed by atoms with van der Waals surface area (Å²) in [5.41, 5.74) is -1.44. The van der Waals surface area contributed by atoms with Crippen LogP contribution in [0.2, 0.25) is 0 Å². The molecular weight excluding hydrogens is 244 g/mol. The summed E-state index contributed by atoms with van der Waals surface area (Å²) in [4.78, 5) is 12.0. The second-order valence-electron chi connectivity index (χ2n) is 1.54. The average Bonchev–Trinajstić information content (AvgIpc) is 2.30. The van der Waals surface area contributed by atoms with Crippen LogP contribution in [0.15, 0.2) is 4.73 Å². The van der Waals surface area contributed by atoms with Crippen LogP contribution in [0.25, 0.3) is 0 Å². The van der Waals surface area contributed by atoms with Crippen molar-refractivity contribution in [1.29, 1.82) is 0 Å². The van der Waals surface area contributed by atoms with Crippen LogP contribution >= 0.6 is 15.9 Å². The Hall–Kier alpha value is -1.32. The van der Waals surface area contributed by atoms with E-state index in [0.717, 1.165) is 0 Å². The standard InChI is InChI=1S/C2BrF2N5O2/c3-1-6-2(9(11)12)7-8(1)10(4)5. The lowest BCUT2D eigenvalue weighted by Crippen LogP contribution is -2.17. The molecule has 1 aromatic rings. The van der Waals surface area contributed by atoms with Crippen molar-refractivity contribution < 1.29 is 13.9 Å². The zero-order chi connectivity index (χ0) is 9.30. The molecule has 1 rings (SSSR count). The minimum atomic E-state index is -1.44. The minimum absolute atomic E-state index is 0.0574. The Morgan fingerprint density at radius 3 is 2.50 bits per heavy atom. The second kappa shape index (κ2) is 2.97. The monoisotopic (exact) mass is 243 g/mol. The van der Waals surface area contributed by atoms with Crippen LogP contribution in [0.3, 0.4) is 0 Å². The third-order valence-corrected chi connectivity index (χ3v) is 1.34. The molecule has 10 heteroatoms. The number of nitro groups is 1. The highest BCUT2D eigenvalue weighted by molar-refractivity contribution is 9.10. The van der Waals surface area contributed by atoms with Gasteiger partial charge in [-0.25, -0.2) is 0 Å². The summed E-state index contributed by atoms with van der Waals surface area (Å²) in [6, 6.07) is 0. The maximum Gasteiger partial charge on any atom is 0.494 e. The number of rotatable bonds is 2. The summed E-state index contributed by atoms with van der Waals surface area (Å²) >= 11 is 2.55. The van der Waals surface area contributed by atoms with Crippen molar-refractivity contribution in [2.24, 2.45) is 0 Å². The van der Waals surface area contributed by atoms with Gasteiger partial charge >= 0.3 is 10.7 Å². The summed E-state index contributed by atoms with van der Waals surface area (Å²) < 4.78 is 23.0. The van der Waals surface area contributed by atoms with E-state index in [9.17, 15) is 19.1 Å². The van der Waals surface area contributed by atoms with E-state index >= 15 is 0 Å². The van der Waals surface area contributed by atoms with Gasteiger partial charge in [-0.3, -0.25) is 0 Å². The van der Waals surface area contributed by atoms with E-state index in [1.54, 1.807) is 0 Å². The van der Waals surface area contributed by atoms with Gasteiger partial charge in [0.25, 0.3) is 0 Å². The van der Waals surface area contributed by atoms with Crippen LogP contribution in [0, 0.1) is 10.1 Å². The van der Waals surface area contributed by atoms with Gasteiger partial charge in [0, 0.05) is 15.9 Å². The van der Waals surface area contributed by atoms with E-state index in [1.807, 2.05) is 0 Å². The number of aromatic nitrogens is 3. The number of hydrogen-bond donors (Lipinski definition) is 0. The van der Waals surface area contributed by atoms with Gasteiger partial charge in [-0.2, -0.15) is 0 Å². The molecule has 0 spiro atoms. The number of nitrogens with zero attached hydrogens (tertiary/aromatic N) is 5. The molecular formula is C2BrF2N5O2. The fourth-order valence-corrected chi connectivity index (χ4v) is 0.807. The summed E-state index contributed by atoms with van der Waals surface area (Å²) in [5, 5.41) is 12.8. The molecule has 1 heterocycles. The first-order valence-corrected chi connectivity index (χ1v) is 3.20. The van der Waals surface area contributed by atoms with Crippen molar-refractivity contribution in [2.45, 2.75) is 0 Å². The first kappa shape index (κ1) is 8.77. The molecule has 7 nitrogen and oxygen atoms in total. The van der Waals surface area contributed by atoms with Crippen molar-refractivity contribution in [1.82, 2.24) is 14.9 Å². The molecule has 0 amide bonds. The highest BCUT2D eigenvalue weighted by Crippen LogP contribution is 2.12. The van der Waals surface area contributed by atoms with Gasteiger partial charge in [-0.15, -0.1) is 0 Å². The Kier molecular flexibility index (Phi) is 2.17. The molecule has 0 bridgehead atoms. The van der Waals surface area contributed by atoms with Crippen LogP contribution in [-0.2, 0) is 0 Å². The van der Waals surface area contributed by atoms with Gasteiger partial charge < -0.3 is 10.1 Å². The lowest BCUT2D eigenvalue weighted by molar-refractivity contribution is -0.394. The normalized spacial score (nSPS) is 9.92. The lowest BCUT2D eigenvalue weighted by Gasteiger charge is -1.93. The maximum atomic E-state index is 11.7. The summed E-state index contributed by atoms with van der Waals surface area (Å²) in [6.45, 7) is 0. The molecule has 0 saturated carbocycles. The first-order chi connectivity index (χ1) is 5.52. The zero-order valence-electron chi connectivity index (χ0n) is 5.19. The zero-order valence-corrected chi connectivity index (χ0v) is 6.77. The molecule has 66 valence electrons. The van der Waals surface area contributed by atoms with Crippen LogP contribution in [0.5, 0.6) is 0 Å². The third-order valence-electron chi connectivity index (χ3n) is 0.848. The SMILES string of the molecule is O=[N+]([O-])c1nc(Br)n(N(F)F)n1. The van der Waals surface area contributed by atoms with Gasteiger partial charge in [0.2, 0.25) is 0 Å². The molecule has 0 aliphatic rings. The smallest absolute Gasteiger partial charge is 0.390 e. The Labute approximate surface area is 71.7 Å². The minimum Gasteiger partial charge on any atom is -0.390 e. The van der Waals surface area contributed by atoms with Crippen molar-refractivity contribution >= 4 is 21.9 Å². The number of hydrogen-bond acceptors (Lipinski definition) is 5. The molecule has 0 saturated heterocycles. The highest BCUT2D eigenvalue weighted by Gasteiger charge is 2.23. The Bertz CT molecular complexity index is 312. The largest absolute Gasteiger partial charge is 0.494 e. The van der Waals surface area contributed by atoms with Gasteiger partial charge in [0.15, 0.2) is 0 Å². The topological polar surface area (TPSA) is 77.1 Å². The highest BCUT2D eigenvalue weighted by atomic mass is 79.9. The summed E-state index contributed by atoms with van der Waals surface area (Å²) in [7, 11) is 0. The average molecular weight is 244 g/mol. The quantitative estimate of drug-likeness (QED) is 0.433. The fourth-order valence-electron chi connectivity index (χ4n) is 0.449. The van der Waals surface area contributed by atoms with Gasteiger partial charge in [-0.05, 0) is 23.7 Å². The van der Waals surface area contributed by atoms with Crippen molar-refractivity contribution in [2.75, 3.05) is 5.45 Å². The van der Waals surface area contributed by atoms with E-state index in [2.05, 4.69) is 26.0 Å². The molecule has 0 radical (unpaired) electrons. The molecule has 0 N–H and O–H groups in total. The maximum absolute atomic E-state index is 11.7. The molecule has 0 unspecified atom stereocenters. The van der Waals surface area contributed by atoms with Crippen LogP contribution in [0.4, 0.5) is 14.9 Å². The molecule has 1 aromatic heterocycles. The lowest BCUT2D eigenvalue weighted by atomic mass is 11.1. The second-order valence-corrected chi connectivity index (χ2v) is 2.25. The third kappa shape index (κ3) is 1.47. The molecule has 0 aromatic carbocycles. The van der Waals surface area contributed by atoms with E-state index in [1.165, 1.54) is 0 Å². The van der Waals surface area contributed by atoms with E-state index in [0.29, 0.717) is 0 Å². The molecule has 0 atom stereocenters. The summed E-state index contributed by atoms with van der Waals surface area (Å²) in [5.74, 6) is -0.901. The fraction of sp³-hybridized carbons (Fsp3) is 0.